The highest BCUT2D eigenvalue weighted by Crippen LogP contribution is 2.19. The molecule has 3 heteroatoms. The van der Waals surface area contributed by atoms with Crippen LogP contribution >= 0.6 is 23.2 Å². The molecule has 1 nitrogen and oxygen atoms in total. The fourth-order valence-corrected chi connectivity index (χ4v) is 0.763. The second-order valence-electron chi connectivity index (χ2n) is 2.30. The number of halogens is 2. The molecule has 0 saturated heterocycles. The molecule has 0 bridgehead atoms. The molecule has 0 aliphatic carbocycles. The van der Waals surface area contributed by atoms with Crippen molar-refractivity contribution in [2.24, 2.45) is 0 Å². The quantitative estimate of drug-likeness (QED) is 0.593. The van der Waals surface area contributed by atoms with Crippen LogP contribution in [0.2, 0.25) is 0 Å². The zero-order valence-corrected chi connectivity index (χ0v) is 7.46. The highest BCUT2D eigenvalue weighted by atomic mass is 35.5. The molecule has 0 aliphatic rings. The minimum Gasteiger partial charge on any atom is -0.341 e. The van der Waals surface area contributed by atoms with E-state index in [0.717, 1.165) is 6.42 Å². The van der Waals surface area contributed by atoms with Crippen molar-refractivity contribution in [2.45, 2.75) is 37.8 Å². The lowest BCUT2D eigenvalue weighted by atomic mass is 10.4. The second kappa shape index (κ2) is 3.65. The standard InChI is InChI=1S/C6H12Cl2O/c1-4-5(7)9-6(2,3)8/h5H,4H2,1-3H3. The van der Waals surface area contributed by atoms with Crippen LogP contribution in [-0.4, -0.2) is 10.6 Å². The van der Waals surface area contributed by atoms with E-state index in [4.69, 9.17) is 27.9 Å². The molecule has 9 heavy (non-hydrogen) atoms. The molecular formula is C6H12Cl2O. The summed E-state index contributed by atoms with van der Waals surface area (Å²) in [6, 6.07) is 0. The molecule has 0 radical (unpaired) electrons. The fraction of sp³-hybridized carbons (Fsp3) is 1.00. The van der Waals surface area contributed by atoms with Gasteiger partial charge in [-0.25, -0.2) is 0 Å². The van der Waals surface area contributed by atoms with E-state index in [1.807, 2.05) is 6.92 Å². The molecule has 0 aromatic rings. The summed E-state index contributed by atoms with van der Waals surface area (Å²) in [7, 11) is 0. The van der Waals surface area contributed by atoms with E-state index >= 15 is 0 Å². The minimum absolute atomic E-state index is 0.266. The number of alkyl halides is 2. The lowest BCUT2D eigenvalue weighted by Crippen LogP contribution is -2.20. The summed E-state index contributed by atoms with van der Waals surface area (Å²) < 4.78 is 5.12. The normalized spacial score (nSPS) is 15.7. The Morgan fingerprint density at radius 3 is 2.11 bits per heavy atom. The third-order valence-corrected chi connectivity index (χ3v) is 1.22. The topological polar surface area (TPSA) is 9.23 Å². The Morgan fingerprint density at radius 2 is 2.00 bits per heavy atom. The summed E-state index contributed by atoms with van der Waals surface area (Å²) in [5.74, 6) is 0. The van der Waals surface area contributed by atoms with E-state index in [-0.39, 0.29) is 5.56 Å². The molecule has 0 aromatic carbocycles. The van der Waals surface area contributed by atoms with Crippen molar-refractivity contribution in [1.82, 2.24) is 0 Å². The van der Waals surface area contributed by atoms with Gasteiger partial charge in [0.15, 0.2) is 0 Å². The van der Waals surface area contributed by atoms with Crippen LogP contribution in [0.15, 0.2) is 0 Å². The van der Waals surface area contributed by atoms with Crippen molar-refractivity contribution in [3.05, 3.63) is 0 Å². The van der Waals surface area contributed by atoms with Gasteiger partial charge in [0.05, 0.1) is 0 Å². The molecule has 0 aromatic heterocycles. The molecular weight excluding hydrogens is 159 g/mol. The zero-order chi connectivity index (χ0) is 7.49. The predicted octanol–water partition coefficient (Wildman–Crippen LogP) is 2.95. The van der Waals surface area contributed by atoms with E-state index in [2.05, 4.69) is 0 Å². The van der Waals surface area contributed by atoms with E-state index < -0.39 is 5.06 Å². The summed E-state index contributed by atoms with van der Waals surface area (Å²) in [5.41, 5.74) is -0.266. The molecule has 1 unspecified atom stereocenters. The molecule has 0 N–H and O–H groups in total. The van der Waals surface area contributed by atoms with Crippen LogP contribution in [0.25, 0.3) is 0 Å². The van der Waals surface area contributed by atoms with Gasteiger partial charge in [-0.05, 0) is 20.3 Å². The van der Waals surface area contributed by atoms with Crippen LogP contribution < -0.4 is 0 Å². The van der Waals surface area contributed by atoms with Crippen LogP contribution in [0.4, 0.5) is 0 Å². The third-order valence-electron chi connectivity index (χ3n) is 0.729. The van der Waals surface area contributed by atoms with E-state index in [1.54, 1.807) is 13.8 Å². The van der Waals surface area contributed by atoms with E-state index in [9.17, 15) is 0 Å². The van der Waals surface area contributed by atoms with Gasteiger partial charge < -0.3 is 4.74 Å². The summed E-state index contributed by atoms with van der Waals surface area (Å²) in [6.07, 6.45) is 0.776. The Labute approximate surface area is 66.3 Å². The molecule has 0 saturated carbocycles. The summed E-state index contributed by atoms with van der Waals surface area (Å²) in [6.45, 7) is 5.47. The summed E-state index contributed by atoms with van der Waals surface area (Å²) >= 11 is 11.3. The van der Waals surface area contributed by atoms with Gasteiger partial charge in [-0.3, -0.25) is 0 Å². The Morgan fingerprint density at radius 1 is 1.56 bits per heavy atom. The molecule has 0 aliphatic heterocycles. The van der Waals surface area contributed by atoms with Crippen LogP contribution in [0.1, 0.15) is 27.2 Å². The largest absolute Gasteiger partial charge is 0.341 e. The number of ether oxygens (including phenoxy) is 1. The van der Waals surface area contributed by atoms with Crippen LogP contribution in [-0.2, 0) is 4.74 Å². The van der Waals surface area contributed by atoms with Crippen molar-refractivity contribution < 1.29 is 4.74 Å². The SMILES string of the molecule is CCC(Cl)OC(C)(C)Cl. The van der Waals surface area contributed by atoms with E-state index in [0.29, 0.717) is 0 Å². The Bertz CT molecular complexity index is 77.6. The maximum absolute atomic E-state index is 5.70. The molecule has 56 valence electrons. The first-order valence-corrected chi connectivity index (χ1v) is 3.78. The van der Waals surface area contributed by atoms with Gasteiger partial charge in [0.25, 0.3) is 0 Å². The average Bonchev–Trinajstić information content (AvgIpc) is 1.62. The fourth-order valence-electron chi connectivity index (χ4n) is 0.387. The predicted molar refractivity (Wildman–Crippen MR) is 40.9 cm³/mol. The van der Waals surface area contributed by atoms with Gasteiger partial charge in [0, 0.05) is 0 Å². The molecule has 0 rings (SSSR count). The third kappa shape index (κ3) is 6.42. The van der Waals surface area contributed by atoms with Crippen molar-refractivity contribution >= 4 is 23.2 Å². The lowest BCUT2D eigenvalue weighted by molar-refractivity contribution is 0.0226. The Balaban J connectivity index is 3.47. The molecule has 0 heterocycles. The van der Waals surface area contributed by atoms with Crippen LogP contribution in [0.3, 0.4) is 0 Å². The highest BCUT2D eigenvalue weighted by Gasteiger charge is 2.17. The van der Waals surface area contributed by atoms with E-state index in [1.165, 1.54) is 0 Å². The minimum atomic E-state index is -0.636. The summed E-state index contributed by atoms with van der Waals surface area (Å²) in [4.78, 5) is 0. The Hall–Kier alpha value is 0.540. The molecule has 0 spiro atoms. The van der Waals surface area contributed by atoms with Gasteiger partial charge >= 0.3 is 0 Å². The van der Waals surface area contributed by atoms with Crippen molar-refractivity contribution in [2.75, 3.05) is 0 Å². The average molecular weight is 171 g/mol. The zero-order valence-electron chi connectivity index (χ0n) is 5.95. The molecule has 0 amide bonds. The van der Waals surface area contributed by atoms with Crippen LogP contribution in [0, 0.1) is 0 Å². The van der Waals surface area contributed by atoms with Gasteiger partial charge in [-0.2, -0.15) is 0 Å². The first-order valence-electron chi connectivity index (χ1n) is 2.96. The number of rotatable bonds is 3. The first kappa shape index (κ1) is 9.54. The van der Waals surface area contributed by atoms with Crippen molar-refractivity contribution in [1.29, 1.82) is 0 Å². The monoisotopic (exact) mass is 170 g/mol. The maximum atomic E-state index is 5.70. The highest BCUT2D eigenvalue weighted by molar-refractivity contribution is 6.23. The molecule has 1 atom stereocenters. The molecule has 0 fully saturated rings. The van der Waals surface area contributed by atoms with Gasteiger partial charge in [0.1, 0.15) is 10.6 Å². The summed E-state index contributed by atoms with van der Waals surface area (Å²) in [5, 5.41) is -0.636. The number of hydrogen-bond acceptors (Lipinski definition) is 1. The number of hydrogen-bond donors (Lipinski definition) is 0. The first-order chi connectivity index (χ1) is 3.95. The van der Waals surface area contributed by atoms with Gasteiger partial charge in [-0.1, -0.05) is 30.1 Å². The second-order valence-corrected chi connectivity index (χ2v) is 3.70. The van der Waals surface area contributed by atoms with Crippen molar-refractivity contribution in [3.8, 4) is 0 Å². The maximum Gasteiger partial charge on any atom is 0.138 e. The van der Waals surface area contributed by atoms with Crippen LogP contribution in [0.5, 0.6) is 0 Å². The van der Waals surface area contributed by atoms with Gasteiger partial charge in [-0.15, -0.1) is 0 Å². The van der Waals surface area contributed by atoms with Gasteiger partial charge in [0.2, 0.25) is 0 Å². The smallest absolute Gasteiger partial charge is 0.138 e. The lowest BCUT2D eigenvalue weighted by Gasteiger charge is -2.19. The Kier molecular flexibility index (Phi) is 3.86. The van der Waals surface area contributed by atoms with Crippen molar-refractivity contribution in [3.63, 3.8) is 0 Å².